The summed E-state index contributed by atoms with van der Waals surface area (Å²) in [5.74, 6) is -0.770. The van der Waals surface area contributed by atoms with Crippen LogP contribution in [-0.2, 0) is 19.4 Å². The van der Waals surface area contributed by atoms with E-state index in [0.29, 0.717) is 19.7 Å². The van der Waals surface area contributed by atoms with Crippen LogP contribution in [0.15, 0.2) is 18.5 Å². The average molecular weight is 341 g/mol. The first-order valence-corrected chi connectivity index (χ1v) is 9.94. The minimum Gasteiger partial charge on any atom is -0.377 e. The number of amides is 1. The smallest absolute Gasteiger partial charge is 0.237 e. The van der Waals surface area contributed by atoms with Crippen LogP contribution in [0, 0.1) is 0 Å². The van der Waals surface area contributed by atoms with Crippen molar-refractivity contribution >= 4 is 15.7 Å². The van der Waals surface area contributed by atoms with E-state index in [1.54, 1.807) is 11.1 Å². The van der Waals surface area contributed by atoms with E-state index in [1.807, 2.05) is 16.9 Å². The third-order valence-electron chi connectivity index (χ3n) is 4.46. The second-order valence-electron chi connectivity index (χ2n) is 6.31. The highest BCUT2D eigenvalue weighted by Crippen LogP contribution is 2.21. The number of aromatic nitrogens is 2. The van der Waals surface area contributed by atoms with Gasteiger partial charge in [0.15, 0.2) is 9.84 Å². The maximum Gasteiger partial charge on any atom is 0.237 e. The van der Waals surface area contributed by atoms with Crippen LogP contribution < -0.4 is 0 Å². The predicted molar refractivity (Wildman–Crippen MR) is 84.7 cm³/mol. The first-order valence-electron chi connectivity index (χ1n) is 8.12. The lowest BCUT2D eigenvalue weighted by Crippen LogP contribution is -2.44. The van der Waals surface area contributed by atoms with Gasteiger partial charge >= 0.3 is 0 Å². The zero-order chi connectivity index (χ0) is 16.3. The van der Waals surface area contributed by atoms with Gasteiger partial charge < -0.3 is 9.64 Å². The topological polar surface area (TPSA) is 81.5 Å². The Labute approximate surface area is 136 Å². The Balaban J connectivity index is 1.56. The number of piperidine rings is 1. The summed E-state index contributed by atoms with van der Waals surface area (Å²) in [5, 5.41) is 4.22. The quantitative estimate of drug-likeness (QED) is 0.785. The fourth-order valence-electron chi connectivity index (χ4n) is 3.29. The molecule has 1 aromatic heterocycles. The maximum atomic E-state index is 12.4. The van der Waals surface area contributed by atoms with Crippen molar-refractivity contribution in [1.29, 1.82) is 0 Å². The van der Waals surface area contributed by atoms with Gasteiger partial charge in [0.2, 0.25) is 5.91 Å². The number of likely N-dealkylation sites (tertiary alicyclic amines) is 1. The Kier molecular flexibility index (Phi) is 5.01. The summed E-state index contributed by atoms with van der Waals surface area (Å²) < 4.78 is 31.6. The van der Waals surface area contributed by atoms with Crippen molar-refractivity contribution in [1.82, 2.24) is 14.7 Å². The second kappa shape index (κ2) is 7.00. The molecule has 7 nitrogen and oxygen atoms in total. The highest BCUT2D eigenvalue weighted by molar-refractivity contribution is 7.92. The minimum absolute atomic E-state index is 0.0465. The van der Waals surface area contributed by atoms with Gasteiger partial charge in [0.25, 0.3) is 0 Å². The minimum atomic E-state index is -3.42. The summed E-state index contributed by atoms with van der Waals surface area (Å²) in [6, 6.07) is 1.98. The first-order chi connectivity index (χ1) is 11.0. The molecule has 0 bridgehead atoms. The lowest BCUT2D eigenvalue weighted by Gasteiger charge is -2.32. The Morgan fingerprint density at radius 2 is 2.17 bits per heavy atom. The maximum absolute atomic E-state index is 12.4. The molecule has 0 unspecified atom stereocenters. The van der Waals surface area contributed by atoms with Crippen LogP contribution in [0.3, 0.4) is 0 Å². The van der Waals surface area contributed by atoms with E-state index in [2.05, 4.69) is 5.10 Å². The van der Waals surface area contributed by atoms with Gasteiger partial charge in [-0.2, -0.15) is 5.10 Å². The van der Waals surface area contributed by atoms with Crippen molar-refractivity contribution in [3.63, 3.8) is 0 Å². The molecular formula is C15H23N3O4S. The summed E-state index contributed by atoms with van der Waals surface area (Å²) in [6.45, 7) is 1.76. The Bertz CT molecular complexity index is 623. The van der Waals surface area contributed by atoms with Crippen molar-refractivity contribution < 1.29 is 17.9 Å². The molecule has 128 valence electrons. The van der Waals surface area contributed by atoms with Crippen LogP contribution in [0.4, 0.5) is 0 Å². The SMILES string of the molecule is O=C(CS(=O)(=O)C[C@@H]1CCCO1)N1CCC[C@H](n2cccn2)C1. The standard InChI is InChI=1S/C15H23N3O4S/c19-15(12-23(20,21)11-14-5-2-9-22-14)17-7-1-4-13(10-17)18-8-3-6-16-18/h3,6,8,13-14H,1-2,4-5,7,9-12H2/t13-,14-/m0/s1. The van der Waals surface area contributed by atoms with E-state index in [9.17, 15) is 13.2 Å². The number of hydrogen-bond donors (Lipinski definition) is 0. The largest absolute Gasteiger partial charge is 0.377 e. The van der Waals surface area contributed by atoms with Crippen molar-refractivity contribution in [2.45, 2.75) is 37.8 Å². The normalized spacial score (nSPS) is 25.7. The van der Waals surface area contributed by atoms with E-state index < -0.39 is 15.6 Å². The fourth-order valence-corrected chi connectivity index (χ4v) is 4.80. The van der Waals surface area contributed by atoms with Crippen molar-refractivity contribution in [3.05, 3.63) is 18.5 Å². The molecule has 8 heteroatoms. The van der Waals surface area contributed by atoms with Crippen molar-refractivity contribution in [3.8, 4) is 0 Å². The molecule has 0 aliphatic carbocycles. The van der Waals surface area contributed by atoms with Gasteiger partial charge in [-0.05, 0) is 31.7 Å². The molecule has 0 aromatic carbocycles. The van der Waals surface area contributed by atoms with Gasteiger partial charge in [-0.3, -0.25) is 9.48 Å². The Hall–Kier alpha value is -1.41. The third kappa shape index (κ3) is 4.32. The molecule has 2 aliphatic heterocycles. The number of nitrogens with zero attached hydrogens (tertiary/aromatic N) is 3. The number of carbonyl (C=O) groups is 1. The molecule has 1 amide bonds. The fraction of sp³-hybridized carbons (Fsp3) is 0.733. The zero-order valence-electron chi connectivity index (χ0n) is 13.1. The first kappa shape index (κ1) is 16.4. The summed E-state index contributed by atoms with van der Waals surface area (Å²) in [5.41, 5.74) is 0. The highest BCUT2D eigenvalue weighted by atomic mass is 32.2. The van der Waals surface area contributed by atoms with Gasteiger partial charge in [-0.25, -0.2) is 8.42 Å². The Morgan fingerprint density at radius 1 is 1.30 bits per heavy atom. The van der Waals surface area contributed by atoms with Crippen molar-refractivity contribution in [2.24, 2.45) is 0 Å². The summed E-state index contributed by atoms with van der Waals surface area (Å²) in [7, 11) is -3.42. The molecule has 0 N–H and O–H groups in total. The molecule has 2 atom stereocenters. The number of sulfone groups is 1. The molecule has 2 fully saturated rings. The summed E-state index contributed by atoms with van der Waals surface area (Å²) >= 11 is 0. The van der Waals surface area contributed by atoms with Crippen LogP contribution >= 0.6 is 0 Å². The zero-order valence-corrected chi connectivity index (χ0v) is 14.0. The van der Waals surface area contributed by atoms with Crippen LogP contribution in [0.25, 0.3) is 0 Å². The van der Waals surface area contributed by atoms with Gasteiger partial charge in [-0.1, -0.05) is 0 Å². The van der Waals surface area contributed by atoms with Gasteiger partial charge in [0.1, 0.15) is 5.75 Å². The molecule has 0 saturated carbocycles. The molecule has 2 aliphatic rings. The van der Waals surface area contributed by atoms with Crippen molar-refractivity contribution in [2.75, 3.05) is 31.2 Å². The van der Waals surface area contributed by atoms with E-state index >= 15 is 0 Å². The molecular weight excluding hydrogens is 318 g/mol. The van der Waals surface area contributed by atoms with E-state index in [4.69, 9.17) is 4.74 Å². The van der Waals surface area contributed by atoms with E-state index in [1.165, 1.54) is 0 Å². The molecule has 23 heavy (non-hydrogen) atoms. The van der Waals surface area contributed by atoms with E-state index in [-0.39, 0.29) is 23.8 Å². The van der Waals surface area contributed by atoms with Gasteiger partial charge in [0.05, 0.1) is 17.9 Å². The molecule has 0 spiro atoms. The third-order valence-corrected chi connectivity index (χ3v) is 6.02. The lowest BCUT2D eigenvalue weighted by atomic mass is 10.1. The molecule has 3 rings (SSSR count). The highest BCUT2D eigenvalue weighted by Gasteiger charge is 2.30. The molecule has 0 radical (unpaired) electrons. The van der Waals surface area contributed by atoms with Crippen LogP contribution in [0.1, 0.15) is 31.7 Å². The summed E-state index contributed by atoms with van der Waals surface area (Å²) in [6.07, 6.45) is 6.83. The average Bonchev–Trinajstić information content (AvgIpc) is 3.19. The van der Waals surface area contributed by atoms with Crippen LogP contribution in [0.2, 0.25) is 0 Å². The van der Waals surface area contributed by atoms with Crippen LogP contribution in [-0.4, -0.2) is 66.3 Å². The number of carbonyl (C=O) groups excluding carboxylic acids is 1. The van der Waals surface area contributed by atoms with Gasteiger partial charge in [0, 0.05) is 32.1 Å². The summed E-state index contributed by atoms with van der Waals surface area (Å²) in [4.78, 5) is 14.0. The molecule has 2 saturated heterocycles. The van der Waals surface area contributed by atoms with E-state index in [0.717, 1.165) is 25.7 Å². The number of rotatable bonds is 5. The van der Waals surface area contributed by atoms with Gasteiger partial charge in [-0.15, -0.1) is 0 Å². The predicted octanol–water partition coefficient (Wildman–Crippen LogP) is 0.640. The second-order valence-corrected chi connectivity index (χ2v) is 8.42. The van der Waals surface area contributed by atoms with Crippen LogP contribution in [0.5, 0.6) is 0 Å². The monoisotopic (exact) mass is 341 g/mol. The Morgan fingerprint density at radius 3 is 2.87 bits per heavy atom. The number of ether oxygens (including phenoxy) is 1. The molecule has 3 heterocycles. The lowest BCUT2D eigenvalue weighted by molar-refractivity contribution is -0.130. The molecule has 1 aromatic rings. The number of hydrogen-bond acceptors (Lipinski definition) is 5.